The average molecular weight is 465 g/mol. The molecule has 0 aromatic carbocycles. The third-order valence-electron chi connectivity index (χ3n) is 5.19. The number of aliphatic carboxylic acids is 1. The van der Waals surface area contributed by atoms with Gasteiger partial charge in [-0.25, -0.2) is 0 Å². The molecule has 2 unspecified atom stereocenters. The van der Waals surface area contributed by atoms with E-state index in [9.17, 15) is 23.4 Å². The highest BCUT2D eigenvalue weighted by Gasteiger charge is 2.32. The van der Waals surface area contributed by atoms with Crippen LogP contribution in [0.2, 0.25) is 0 Å². The summed E-state index contributed by atoms with van der Waals surface area (Å²) in [6, 6.07) is -3.55. The van der Waals surface area contributed by atoms with Crippen molar-refractivity contribution in [2.24, 2.45) is 17.4 Å². The molecule has 1 aliphatic rings. The molecule has 31 heavy (non-hydrogen) atoms. The molecule has 1 saturated carbocycles. The number of carbonyl (C=O) groups is 1. The molecule has 0 radical (unpaired) electrons. The molecule has 0 bridgehead atoms. The van der Waals surface area contributed by atoms with Gasteiger partial charge in [0.25, 0.3) is 10.2 Å². The Bertz CT molecular complexity index is 810. The molecule has 14 heteroatoms. The summed E-state index contributed by atoms with van der Waals surface area (Å²) in [5, 5.41) is 35.8. The summed E-state index contributed by atoms with van der Waals surface area (Å²) in [6.45, 7) is 1.13. The van der Waals surface area contributed by atoms with Gasteiger partial charge in [0.2, 0.25) is 11.8 Å². The summed E-state index contributed by atoms with van der Waals surface area (Å²) >= 11 is 0. The van der Waals surface area contributed by atoms with E-state index in [2.05, 4.69) is 14.9 Å². The Kier molecular flexibility index (Phi) is 9.29. The normalized spacial score (nSPS) is 20.7. The number of aliphatic hydroxyl groups excluding tert-OH is 2. The maximum absolute atomic E-state index is 12.4. The number of nitrogens with one attached hydrogen (secondary N) is 2. The van der Waals surface area contributed by atoms with Crippen molar-refractivity contribution in [3.05, 3.63) is 11.8 Å². The van der Waals surface area contributed by atoms with Gasteiger partial charge in [-0.1, -0.05) is 32.1 Å². The zero-order valence-electron chi connectivity index (χ0n) is 17.3. The molecule has 1 aliphatic carbocycles. The summed E-state index contributed by atoms with van der Waals surface area (Å²) < 4.78 is 34.3. The van der Waals surface area contributed by atoms with Gasteiger partial charge in [-0.2, -0.15) is 17.9 Å². The SMILES string of the molecule is CC(O)[C@H](NS(=O)(=O)N[C@@H](CC(N)O)c1nnc([C@@H](N)CC2CCCCC2)o1)C(=O)O. The van der Waals surface area contributed by atoms with Crippen LogP contribution in [0.25, 0.3) is 0 Å². The lowest BCUT2D eigenvalue weighted by atomic mass is 9.85. The zero-order chi connectivity index (χ0) is 23.2. The summed E-state index contributed by atoms with van der Waals surface area (Å²) in [5.41, 5.74) is 11.6. The number of aromatic nitrogens is 2. The Morgan fingerprint density at radius 3 is 2.32 bits per heavy atom. The first-order valence-corrected chi connectivity index (χ1v) is 11.7. The summed E-state index contributed by atoms with van der Waals surface area (Å²) in [7, 11) is -4.46. The molecule has 1 heterocycles. The van der Waals surface area contributed by atoms with E-state index in [0.29, 0.717) is 12.3 Å². The van der Waals surface area contributed by atoms with Crippen LogP contribution >= 0.6 is 0 Å². The fourth-order valence-corrected chi connectivity index (χ4v) is 4.88. The zero-order valence-corrected chi connectivity index (χ0v) is 18.2. The Balaban J connectivity index is 2.12. The standard InChI is InChI=1S/C17H32N6O7S/c1-9(24)14(17(26)27)23-31(28,29)22-12(8-13(19)25)16-21-20-15(30-16)11(18)7-10-5-3-2-4-6-10/h9-14,22-25H,2-8,18-19H2,1H3,(H,26,27)/t9?,11-,12-,13?,14-/m0/s1. The van der Waals surface area contributed by atoms with Crippen molar-refractivity contribution in [2.45, 2.75) is 82.3 Å². The minimum Gasteiger partial charge on any atom is -0.480 e. The lowest BCUT2D eigenvalue weighted by Gasteiger charge is -2.23. The van der Waals surface area contributed by atoms with Crippen LogP contribution in [0.4, 0.5) is 0 Å². The molecule has 0 saturated heterocycles. The summed E-state index contributed by atoms with van der Waals surface area (Å²) in [5.74, 6) is -1.15. The van der Waals surface area contributed by atoms with Crippen LogP contribution in [-0.4, -0.2) is 58.3 Å². The first kappa shape index (κ1) is 25.6. The number of aliphatic hydroxyl groups is 2. The number of nitrogens with two attached hydrogens (primary N) is 2. The van der Waals surface area contributed by atoms with Gasteiger partial charge in [-0.05, 0) is 19.3 Å². The van der Waals surface area contributed by atoms with Crippen molar-refractivity contribution >= 4 is 16.2 Å². The molecule has 1 aromatic heterocycles. The summed E-state index contributed by atoms with van der Waals surface area (Å²) in [6.07, 6.45) is 3.09. The fraction of sp³-hybridized carbons (Fsp3) is 0.824. The van der Waals surface area contributed by atoms with Crippen molar-refractivity contribution in [3.8, 4) is 0 Å². The third-order valence-corrected chi connectivity index (χ3v) is 6.35. The van der Waals surface area contributed by atoms with Gasteiger partial charge >= 0.3 is 5.97 Å². The van der Waals surface area contributed by atoms with Crippen LogP contribution in [0.15, 0.2) is 4.42 Å². The monoisotopic (exact) mass is 464 g/mol. The first-order chi connectivity index (χ1) is 14.5. The van der Waals surface area contributed by atoms with Crippen LogP contribution in [0.5, 0.6) is 0 Å². The maximum Gasteiger partial charge on any atom is 0.324 e. The second kappa shape index (κ2) is 11.3. The molecule has 0 aliphatic heterocycles. The topological polar surface area (TPSA) is 227 Å². The number of hydrogen-bond acceptors (Lipinski definition) is 10. The third kappa shape index (κ3) is 8.07. The molecule has 2 rings (SSSR count). The Hall–Kier alpha value is -1.68. The van der Waals surface area contributed by atoms with Crippen LogP contribution in [-0.2, 0) is 15.0 Å². The predicted octanol–water partition coefficient (Wildman–Crippen LogP) is -0.994. The number of rotatable bonds is 12. The second-order valence-electron chi connectivity index (χ2n) is 7.98. The van der Waals surface area contributed by atoms with Crippen molar-refractivity contribution in [3.63, 3.8) is 0 Å². The average Bonchev–Trinajstić information content (AvgIpc) is 3.16. The highest BCUT2D eigenvalue weighted by molar-refractivity contribution is 7.87. The van der Waals surface area contributed by atoms with E-state index in [1.807, 2.05) is 4.72 Å². The Morgan fingerprint density at radius 1 is 1.16 bits per heavy atom. The van der Waals surface area contributed by atoms with E-state index in [1.54, 1.807) is 0 Å². The van der Waals surface area contributed by atoms with Crippen LogP contribution in [0, 0.1) is 5.92 Å². The Morgan fingerprint density at radius 2 is 1.77 bits per heavy atom. The molecule has 178 valence electrons. The van der Waals surface area contributed by atoms with Gasteiger partial charge in [0, 0.05) is 6.42 Å². The second-order valence-corrected chi connectivity index (χ2v) is 9.45. The molecule has 1 aromatic rings. The molecule has 5 atom stereocenters. The summed E-state index contributed by atoms with van der Waals surface area (Å²) in [4.78, 5) is 11.2. The van der Waals surface area contributed by atoms with Crippen molar-refractivity contribution in [2.75, 3.05) is 0 Å². The maximum atomic E-state index is 12.4. The van der Waals surface area contributed by atoms with Crippen LogP contribution in [0.1, 0.15) is 75.7 Å². The Labute approximate surface area is 180 Å². The predicted molar refractivity (Wildman–Crippen MR) is 108 cm³/mol. The molecular formula is C17H32N6O7S. The first-order valence-electron chi connectivity index (χ1n) is 10.2. The van der Waals surface area contributed by atoms with E-state index in [0.717, 1.165) is 32.6 Å². The highest BCUT2D eigenvalue weighted by atomic mass is 32.2. The number of carboxylic acid groups (broad SMARTS) is 1. The van der Waals surface area contributed by atoms with Crippen molar-refractivity contribution in [1.82, 2.24) is 19.6 Å². The van der Waals surface area contributed by atoms with Crippen molar-refractivity contribution in [1.29, 1.82) is 0 Å². The van der Waals surface area contributed by atoms with Gasteiger partial charge in [0.15, 0.2) is 0 Å². The minimum atomic E-state index is -4.46. The van der Waals surface area contributed by atoms with Crippen LogP contribution < -0.4 is 20.9 Å². The van der Waals surface area contributed by atoms with E-state index in [1.165, 1.54) is 6.42 Å². The number of carboxylic acids is 1. The van der Waals surface area contributed by atoms with Gasteiger partial charge in [0.1, 0.15) is 18.3 Å². The van der Waals surface area contributed by atoms with E-state index in [4.69, 9.17) is 21.0 Å². The minimum absolute atomic E-state index is 0.136. The van der Waals surface area contributed by atoms with E-state index in [-0.39, 0.29) is 18.2 Å². The lowest BCUT2D eigenvalue weighted by Crippen LogP contribution is -2.52. The largest absolute Gasteiger partial charge is 0.480 e. The molecule has 0 amide bonds. The van der Waals surface area contributed by atoms with Crippen molar-refractivity contribution < 1.29 is 32.9 Å². The highest BCUT2D eigenvalue weighted by Crippen LogP contribution is 2.31. The quantitative estimate of drug-likeness (QED) is 0.186. The lowest BCUT2D eigenvalue weighted by molar-refractivity contribution is -0.141. The van der Waals surface area contributed by atoms with E-state index < -0.39 is 46.6 Å². The van der Waals surface area contributed by atoms with Gasteiger partial charge < -0.3 is 31.2 Å². The van der Waals surface area contributed by atoms with E-state index >= 15 is 0 Å². The fourth-order valence-electron chi connectivity index (χ4n) is 3.60. The molecular weight excluding hydrogens is 432 g/mol. The van der Waals surface area contributed by atoms with Gasteiger partial charge in [-0.3, -0.25) is 4.79 Å². The van der Waals surface area contributed by atoms with Crippen LogP contribution in [0.3, 0.4) is 0 Å². The molecule has 9 N–H and O–H groups in total. The molecule has 0 spiro atoms. The number of hydrogen-bond donors (Lipinski definition) is 7. The smallest absolute Gasteiger partial charge is 0.324 e. The number of nitrogens with zero attached hydrogens (tertiary/aromatic N) is 2. The molecule has 13 nitrogen and oxygen atoms in total. The molecule has 1 fully saturated rings. The van der Waals surface area contributed by atoms with Gasteiger partial charge in [-0.15, -0.1) is 10.2 Å². The van der Waals surface area contributed by atoms with Gasteiger partial charge in [0.05, 0.1) is 12.1 Å².